The minimum Gasteiger partial charge on any atom is -0.356 e. The predicted molar refractivity (Wildman–Crippen MR) is 169 cm³/mol. The lowest BCUT2D eigenvalue weighted by atomic mass is 9.73. The van der Waals surface area contributed by atoms with E-state index in [0.29, 0.717) is 4.48 Å². The number of nitrogens with one attached hydrogen (secondary N) is 1. The van der Waals surface area contributed by atoms with Crippen LogP contribution in [0.1, 0.15) is 11.1 Å². The Balaban J connectivity index is 1.30. The van der Waals surface area contributed by atoms with Crippen molar-refractivity contribution in [2.75, 3.05) is 5.32 Å². The first-order valence-corrected chi connectivity index (χ1v) is 13.9. The van der Waals surface area contributed by atoms with Crippen molar-refractivity contribution in [2.45, 2.75) is 13.8 Å². The molecule has 0 saturated heterocycles. The molecule has 1 atom stereocenters. The number of benzene rings is 6. The van der Waals surface area contributed by atoms with Gasteiger partial charge in [-0.1, -0.05) is 78.9 Å². The van der Waals surface area contributed by atoms with Crippen molar-refractivity contribution in [2.24, 2.45) is 0 Å². The molecule has 0 fully saturated rings. The van der Waals surface area contributed by atoms with Gasteiger partial charge in [-0.3, -0.25) is 0 Å². The van der Waals surface area contributed by atoms with Gasteiger partial charge in [0, 0.05) is 46.8 Å². The van der Waals surface area contributed by atoms with Crippen LogP contribution in [0.3, 0.4) is 0 Å². The lowest BCUT2D eigenvalue weighted by molar-refractivity contribution is 0.836. The molecule has 0 spiro atoms. The average Bonchev–Trinajstić information content (AvgIpc) is 3.68. The van der Waals surface area contributed by atoms with Gasteiger partial charge >= 0.3 is 0 Å². The van der Waals surface area contributed by atoms with Crippen LogP contribution in [0.25, 0.3) is 33.4 Å². The second-order valence-corrected chi connectivity index (χ2v) is 10.9. The third kappa shape index (κ3) is 3.14. The van der Waals surface area contributed by atoms with Crippen LogP contribution >= 0.6 is 0 Å². The van der Waals surface area contributed by atoms with Crippen LogP contribution in [0.15, 0.2) is 133 Å². The summed E-state index contributed by atoms with van der Waals surface area (Å²) in [6.45, 7) is 4.49. The van der Waals surface area contributed by atoms with Crippen molar-refractivity contribution in [3.8, 4) is 33.4 Å². The highest BCUT2D eigenvalue weighted by Gasteiger charge is 2.60. The van der Waals surface area contributed by atoms with Gasteiger partial charge in [-0.2, -0.15) is 4.48 Å². The quantitative estimate of drug-likeness (QED) is 0.178. The van der Waals surface area contributed by atoms with Crippen LogP contribution in [-0.4, -0.2) is 0 Å². The molecule has 0 aromatic heterocycles. The van der Waals surface area contributed by atoms with Crippen LogP contribution < -0.4 is 9.80 Å². The fourth-order valence-electron chi connectivity index (χ4n) is 6.80. The zero-order valence-corrected chi connectivity index (χ0v) is 22.6. The Hall–Kier alpha value is -4.92. The predicted octanol–water partition coefficient (Wildman–Crippen LogP) is 11.0. The van der Waals surface area contributed by atoms with E-state index in [1.807, 2.05) is 6.07 Å². The molecule has 2 aliphatic rings. The monoisotopic (exact) mass is 513 g/mol. The van der Waals surface area contributed by atoms with Gasteiger partial charge in [0.2, 0.25) is 11.4 Å². The Labute approximate surface area is 235 Å². The van der Waals surface area contributed by atoms with E-state index in [0.717, 1.165) is 11.4 Å². The molecular weight excluding hydrogens is 484 g/mol. The van der Waals surface area contributed by atoms with Crippen molar-refractivity contribution in [3.63, 3.8) is 0 Å². The molecule has 0 bridgehead atoms. The van der Waals surface area contributed by atoms with Gasteiger partial charge in [-0.25, -0.2) is 0 Å². The van der Waals surface area contributed by atoms with E-state index < -0.39 is 0 Å². The van der Waals surface area contributed by atoms with E-state index in [2.05, 4.69) is 147 Å². The van der Waals surface area contributed by atoms with Gasteiger partial charge in [0.1, 0.15) is 5.69 Å². The number of hydrogen-bond donors (Lipinski definition) is 1. The summed E-state index contributed by atoms with van der Waals surface area (Å²) >= 11 is 0. The summed E-state index contributed by atoms with van der Waals surface area (Å²) in [6.07, 6.45) is 0. The Morgan fingerprint density at radius 3 is 1.88 bits per heavy atom. The molecule has 8 rings (SSSR count). The van der Waals surface area contributed by atoms with E-state index in [1.54, 1.807) is 0 Å². The second kappa shape index (κ2) is 8.54. The van der Waals surface area contributed by atoms with Crippen molar-refractivity contribution < 1.29 is 0 Å². The van der Waals surface area contributed by atoms with E-state index in [1.165, 1.54) is 67.3 Å². The van der Waals surface area contributed by atoms with Crippen LogP contribution in [0, 0.1) is 13.8 Å². The molecule has 1 heterocycles. The van der Waals surface area contributed by atoms with E-state index >= 15 is 0 Å². The number of anilines is 2. The number of nitrogens with zero attached hydrogens (tertiary/aromatic N) is 1. The summed E-state index contributed by atoms with van der Waals surface area (Å²) in [5.41, 5.74) is 18.3. The van der Waals surface area contributed by atoms with Gasteiger partial charge in [0.15, 0.2) is 5.69 Å². The van der Waals surface area contributed by atoms with Gasteiger partial charge in [0.05, 0.1) is 5.56 Å². The lowest BCUT2D eigenvalue weighted by Gasteiger charge is -2.33. The largest absolute Gasteiger partial charge is 0.356 e. The number of hydrogen-bond acceptors (Lipinski definition) is 1. The minimum absolute atomic E-state index is 0.704. The second-order valence-electron chi connectivity index (χ2n) is 10.9. The zero-order valence-electron chi connectivity index (χ0n) is 22.6. The van der Waals surface area contributed by atoms with Gasteiger partial charge in [-0.05, 0) is 72.0 Å². The molecular formula is C38H29N2+. The molecule has 1 N–H and O–H groups in total. The number of aryl methyl sites for hydroxylation is 2. The first kappa shape index (κ1) is 23.0. The van der Waals surface area contributed by atoms with Crippen molar-refractivity contribution in [1.29, 1.82) is 0 Å². The molecule has 6 aromatic carbocycles. The summed E-state index contributed by atoms with van der Waals surface area (Å²) in [7, 11) is 0. The molecule has 0 amide bonds. The maximum absolute atomic E-state index is 3.51. The normalized spacial score (nSPS) is 15.8. The summed E-state index contributed by atoms with van der Waals surface area (Å²) in [4.78, 5) is 0. The summed E-state index contributed by atoms with van der Waals surface area (Å²) in [5.74, 6) is 0. The maximum atomic E-state index is 3.51. The Kier molecular flexibility index (Phi) is 4.91. The Bertz CT molecular complexity index is 1920. The van der Waals surface area contributed by atoms with Gasteiger partial charge in [-0.15, -0.1) is 0 Å². The number of para-hydroxylation sites is 3. The summed E-state index contributed by atoms with van der Waals surface area (Å²) in [6, 6.07) is 48.3. The third-order valence-corrected chi connectivity index (χ3v) is 8.60. The van der Waals surface area contributed by atoms with Crippen molar-refractivity contribution in [3.05, 3.63) is 145 Å². The standard InChI is InChI=1S/C38H29N2/c1-25-11-9-17-32-35(25)37-33(40(30-15-7-4-8-16-30)34-18-10-12-26(2)38(34)40)24-23-31(36(32)37)27-19-21-29(22-20-27)39-28-13-5-3-6-14-28/h3-24,39H,1-2H3/q+1. The molecule has 1 aliphatic carbocycles. The third-order valence-electron chi connectivity index (χ3n) is 8.60. The fraction of sp³-hybridized carbons (Fsp3) is 0.0526. The minimum atomic E-state index is 0.704. The molecule has 1 unspecified atom stereocenters. The van der Waals surface area contributed by atoms with Crippen molar-refractivity contribution in [1.82, 2.24) is 4.48 Å². The van der Waals surface area contributed by atoms with Crippen LogP contribution in [0.5, 0.6) is 0 Å². The molecule has 2 nitrogen and oxygen atoms in total. The maximum Gasteiger partial charge on any atom is 0.214 e. The van der Waals surface area contributed by atoms with Gasteiger partial charge in [0.25, 0.3) is 0 Å². The molecule has 0 saturated carbocycles. The molecule has 190 valence electrons. The van der Waals surface area contributed by atoms with Crippen LogP contribution in [0.2, 0.25) is 0 Å². The lowest BCUT2D eigenvalue weighted by Crippen LogP contribution is -2.20. The highest BCUT2D eigenvalue weighted by molar-refractivity contribution is 6.18. The number of fused-ring (bicyclic) bond motifs is 5. The fourth-order valence-corrected chi connectivity index (χ4v) is 6.80. The summed E-state index contributed by atoms with van der Waals surface area (Å²) < 4.78 is 0.704. The van der Waals surface area contributed by atoms with Crippen LogP contribution in [-0.2, 0) is 0 Å². The van der Waals surface area contributed by atoms with Crippen LogP contribution in [0.4, 0.5) is 34.1 Å². The molecule has 40 heavy (non-hydrogen) atoms. The molecule has 0 radical (unpaired) electrons. The Morgan fingerprint density at radius 2 is 1.12 bits per heavy atom. The van der Waals surface area contributed by atoms with E-state index in [9.17, 15) is 0 Å². The molecule has 2 heteroatoms. The first-order chi connectivity index (χ1) is 19.7. The summed E-state index contributed by atoms with van der Waals surface area (Å²) in [5, 5.41) is 3.51. The first-order valence-electron chi connectivity index (χ1n) is 13.9. The number of quaternary nitrogens is 1. The smallest absolute Gasteiger partial charge is 0.214 e. The highest BCUT2D eigenvalue weighted by Crippen LogP contribution is 2.73. The SMILES string of the molecule is Cc1cccc2c1-c1c([N+]3(c4ccccc4)c4cccc(C)c43)ccc(-c3ccc(Nc4ccccc4)cc3)c1-2. The molecule has 6 aromatic rings. The average molecular weight is 514 g/mol. The zero-order chi connectivity index (χ0) is 26.8. The molecule has 1 aliphatic heterocycles. The van der Waals surface area contributed by atoms with E-state index in [-0.39, 0.29) is 0 Å². The number of rotatable bonds is 5. The van der Waals surface area contributed by atoms with E-state index in [4.69, 9.17) is 0 Å². The topological polar surface area (TPSA) is 12.0 Å². The Morgan fingerprint density at radius 1 is 0.450 bits per heavy atom. The van der Waals surface area contributed by atoms with Crippen molar-refractivity contribution >= 4 is 34.1 Å². The van der Waals surface area contributed by atoms with Gasteiger partial charge < -0.3 is 5.32 Å². The highest BCUT2D eigenvalue weighted by atomic mass is 15.5.